The maximum atomic E-state index is 10.8. The number of hydrogen-bond donors (Lipinski definition) is 0. The molecule has 0 bridgehead atoms. The van der Waals surface area contributed by atoms with Crippen molar-refractivity contribution in [3.05, 3.63) is 17.4 Å². The lowest BCUT2D eigenvalue weighted by molar-refractivity contribution is -0.119. The van der Waals surface area contributed by atoms with Crippen molar-refractivity contribution in [1.82, 2.24) is 9.78 Å². The van der Waals surface area contributed by atoms with E-state index in [2.05, 4.69) is 5.10 Å². The van der Waals surface area contributed by atoms with Gasteiger partial charge in [0, 0.05) is 6.20 Å². The van der Waals surface area contributed by atoms with Crippen molar-refractivity contribution in [2.24, 2.45) is 0 Å². The number of rotatable bonds is 2. The first kappa shape index (κ1) is 8.27. The van der Waals surface area contributed by atoms with Crippen LogP contribution >= 0.6 is 11.6 Å². The Hall–Kier alpha value is -0.830. The molecule has 1 aromatic rings. The average Bonchev–Trinajstić information content (AvgIpc) is 2.34. The highest BCUT2D eigenvalue weighted by Crippen LogP contribution is 2.10. The second-order valence-electron chi connectivity index (χ2n) is 2.43. The highest BCUT2D eigenvalue weighted by atomic mass is 35.5. The summed E-state index contributed by atoms with van der Waals surface area (Å²) in [4.78, 5) is 10.8. The first-order valence-electron chi connectivity index (χ1n) is 3.31. The molecular weight excluding hydrogens is 164 g/mol. The molecule has 0 aromatic carbocycles. The Bertz CT molecular complexity index is 269. The van der Waals surface area contributed by atoms with Gasteiger partial charge in [-0.15, -0.1) is 0 Å². The molecular formula is C7H9ClN2O. The predicted molar refractivity (Wildman–Crippen MR) is 42.6 cm³/mol. The summed E-state index contributed by atoms with van der Waals surface area (Å²) >= 11 is 5.61. The van der Waals surface area contributed by atoms with Gasteiger partial charge in [-0.2, -0.15) is 5.10 Å². The fourth-order valence-electron chi connectivity index (χ4n) is 0.713. The standard InChI is InChI=1S/C7H9ClN2O/c1-5(6(2)11)10-4-7(8)3-9-10/h3-5H,1-2H3. The summed E-state index contributed by atoms with van der Waals surface area (Å²) in [6.45, 7) is 3.31. The molecule has 0 aliphatic carbocycles. The normalized spacial score (nSPS) is 13.0. The van der Waals surface area contributed by atoms with Crippen LogP contribution in [0.1, 0.15) is 19.9 Å². The van der Waals surface area contributed by atoms with Crippen LogP contribution in [-0.4, -0.2) is 15.6 Å². The fourth-order valence-corrected chi connectivity index (χ4v) is 0.857. The van der Waals surface area contributed by atoms with E-state index in [0.29, 0.717) is 5.02 Å². The molecule has 0 spiro atoms. The summed E-state index contributed by atoms with van der Waals surface area (Å²) in [7, 11) is 0. The first-order chi connectivity index (χ1) is 5.11. The smallest absolute Gasteiger partial charge is 0.154 e. The SMILES string of the molecule is CC(=O)C(C)n1cc(Cl)cn1. The number of nitrogens with zero attached hydrogens (tertiary/aromatic N) is 2. The quantitative estimate of drug-likeness (QED) is 0.681. The molecule has 4 heteroatoms. The van der Waals surface area contributed by atoms with Crippen molar-refractivity contribution in [2.45, 2.75) is 19.9 Å². The van der Waals surface area contributed by atoms with Crippen molar-refractivity contribution in [2.75, 3.05) is 0 Å². The van der Waals surface area contributed by atoms with Crippen LogP contribution in [-0.2, 0) is 4.79 Å². The van der Waals surface area contributed by atoms with Crippen LogP contribution in [0.15, 0.2) is 12.4 Å². The number of carbonyl (C=O) groups excluding carboxylic acids is 1. The van der Waals surface area contributed by atoms with Gasteiger partial charge in [0.05, 0.1) is 11.2 Å². The van der Waals surface area contributed by atoms with E-state index in [0.717, 1.165) is 0 Å². The van der Waals surface area contributed by atoms with Gasteiger partial charge < -0.3 is 0 Å². The van der Waals surface area contributed by atoms with Crippen LogP contribution in [0.5, 0.6) is 0 Å². The lowest BCUT2D eigenvalue weighted by Crippen LogP contribution is -2.13. The summed E-state index contributed by atoms with van der Waals surface area (Å²) in [5, 5.41) is 4.45. The minimum Gasteiger partial charge on any atom is -0.298 e. The van der Waals surface area contributed by atoms with E-state index in [9.17, 15) is 4.79 Å². The zero-order valence-corrected chi connectivity index (χ0v) is 7.17. The summed E-state index contributed by atoms with van der Waals surface area (Å²) in [6, 6.07) is -0.220. The number of halogens is 1. The Balaban J connectivity index is 2.84. The van der Waals surface area contributed by atoms with E-state index in [4.69, 9.17) is 11.6 Å². The van der Waals surface area contributed by atoms with Gasteiger partial charge in [-0.25, -0.2) is 0 Å². The molecule has 1 rings (SSSR count). The van der Waals surface area contributed by atoms with Crippen LogP contribution in [0, 0.1) is 0 Å². The maximum Gasteiger partial charge on any atom is 0.154 e. The lowest BCUT2D eigenvalue weighted by atomic mass is 10.2. The van der Waals surface area contributed by atoms with Crippen LogP contribution in [0.2, 0.25) is 5.02 Å². The van der Waals surface area contributed by atoms with Gasteiger partial charge in [0.2, 0.25) is 0 Å². The third kappa shape index (κ3) is 1.80. The maximum absolute atomic E-state index is 10.8. The predicted octanol–water partition coefficient (Wildman–Crippen LogP) is 1.69. The Morgan fingerprint density at radius 1 is 1.82 bits per heavy atom. The Kier molecular flexibility index (Phi) is 2.29. The number of Topliss-reactive ketones (excluding diaryl/α,β-unsaturated/α-hetero) is 1. The van der Waals surface area contributed by atoms with Gasteiger partial charge in [0.15, 0.2) is 5.78 Å². The third-order valence-electron chi connectivity index (χ3n) is 1.56. The molecule has 1 aromatic heterocycles. The van der Waals surface area contributed by atoms with Gasteiger partial charge in [0.1, 0.15) is 6.04 Å². The minimum absolute atomic E-state index is 0.0739. The van der Waals surface area contributed by atoms with Crippen LogP contribution in [0.25, 0.3) is 0 Å². The summed E-state index contributed by atoms with van der Waals surface area (Å²) < 4.78 is 1.55. The molecule has 0 amide bonds. The van der Waals surface area contributed by atoms with E-state index in [1.165, 1.54) is 13.1 Å². The number of hydrogen-bond acceptors (Lipinski definition) is 2. The molecule has 0 fully saturated rings. The molecule has 1 heterocycles. The molecule has 11 heavy (non-hydrogen) atoms. The van der Waals surface area contributed by atoms with E-state index >= 15 is 0 Å². The molecule has 0 radical (unpaired) electrons. The largest absolute Gasteiger partial charge is 0.298 e. The van der Waals surface area contributed by atoms with Crippen molar-refractivity contribution in [1.29, 1.82) is 0 Å². The Morgan fingerprint density at radius 3 is 2.82 bits per heavy atom. The summed E-state index contributed by atoms with van der Waals surface area (Å²) in [5.74, 6) is 0.0739. The Morgan fingerprint density at radius 2 is 2.45 bits per heavy atom. The van der Waals surface area contributed by atoms with Gasteiger partial charge in [-0.1, -0.05) is 11.6 Å². The Labute approximate surface area is 70.0 Å². The van der Waals surface area contributed by atoms with Gasteiger partial charge in [-0.3, -0.25) is 9.48 Å². The van der Waals surface area contributed by atoms with Crippen molar-refractivity contribution >= 4 is 17.4 Å². The van der Waals surface area contributed by atoms with Gasteiger partial charge in [-0.05, 0) is 13.8 Å². The zero-order valence-electron chi connectivity index (χ0n) is 6.41. The fraction of sp³-hybridized carbons (Fsp3) is 0.429. The van der Waals surface area contributed by atoms with Crippen molar-refractivity contribution in [3.8, 4) is 0 Å². The molecule has 0 N–H and O–H groups in total. The molecule has 1 unspecified atom stereocenters. The van der Waals surface area contributed by atoms with E-state index in [1.54, 1.807) is 17.8 Å². The highest BCUT2D eigenvalue weighted by molar-refractivity contribution is 6.30. The van der Waals surface area contributed by atoms with Gasteiger partial charge >= 0.3 is 0 Å². The minimum atomic E-state index is -0.220. The summed E-state index contributed by atoms with van der Waals surface area (Å²) in [5.41, 5.74) is 0. The second-order valence-corrected chi connectivity index (χ2v) is 2.86. The molecule has 60 valence electrons. The first-order valence-corrected chi connectivity index (χ1v) is 3.69. The van der Waals surface area contributed by atoms with Crippen molar-refractivity contribution < 1.29 is 4.79 Å². The summed E-state index contributed by atoms with van der Waals surface area (Å²) in [6.07, 6.45) is 3.15. The second kappa shape index (κ2) is 3.05. The lowest BCUT2D eigenvalue weighted by Gasteiger charge is -2.06. The van der Waals surface area contributed by atoms with E-state index in [1.807, 2.05) is 0 Å². The molecule has 3 nitrogen and oxygen atoms in total. The number of ketones is 1. The van der Waals surface area contributed by atoms with Crippen LogP contribution in [0.4, 0.5) is 0 Å². The number of carbonyl (C=O) groups is 1. The van der Waals surface area contributed by atoms with E-state index in [-0.39, 0.29) is 11.8 Å². The number of aromatic nitrogens is 2. The topological polar surface area (TPSA) is 34.9 Å². The van der Waals surface area contributed by atoms with Crippen LogP contribution < -0.4 is 0 Å². The van der Waals surface area contributed by atoms with Crippen molar-refractivity contribution in [3.63, 3.8) is 0 Å². The van der Waals surface area contributed by atoms with Crippen LogP contribution in [0.3, 0.4) is 0 Å². The zero-order chi connectivity index (χ0) is 8.43. The third-order valence-corrected chi connectivity index (χ3v) is 1.75. The molecule has 0 saturated heterocycles. The monoisotopic (exact) mass is 172 g/mol. The average molecular weight is 173 g/mol. The highest BCUT2D eigenvalue weighted by Gasteiger charge is 2.09. The molecule has 0 aliphatic rings. The van der Waals surface area contributed by atoms with Gasteiger partial charge in [0.25, 0.3) is 0 Å². The van der Waals surface area contributed by atoms with E-state index < -0.39 is 0 Å². The molecule has 1 atom stereocenters. The molecule has 0 saturated carbocycles. The molecule has 0 aliphatic heterocycles.